The maximum absolute atomic E-state index is 10.3. The Morgan fingerprint density at radius 3 is 2.68 bits per heavy atom. The second-order valence-electron chi connectivity index (χ2n) is 5.54. The Kier molecular flexibility index (Phi) is 4.91. The van der Waals surface area contributed by atoms with Crippen molar-refractivity contribution < 1.29 is 9.52 Å². The lowest BCUT2D eigenvalue weighted by Gasteiger charge is -2.11. The van der Waals surface area contributed by atoms with Gasteiger partial charge in [0, 0.05) is 17.0 Å². The number of hydrogen-bond acceptors (Lipinski definition) is 4. The summed E-state index contributed by atoms with van der Waals surface area (Å²) >= 11 is 6.10. The molecule has 2 aromatic carbocycles. The summed E-state index contributed by atoms with van der Waals surface area (Å²) in [6.07, 6.45) is 1.96. The number of aliphatic imine (C=N–C) groups is 1. The molecule has 0 bridgehead atoms. The van der Waals surface area contributed by atoms with Crippen molar-refractivity contribution in [3.8, 4) is 5.75 Å². The fourth-order valence-corrected chi connectivity index (χ4v) is 2.61. The normalized spacial score (nSPS) is 11.5. The van der Waals surface area contributed by atoms with Crippen LogP contribution in [0.2, 0.25) is 5.02 Å². The number of aromatic hydroxyl groups is 1. The highest BCUT2D eigenvalue weighted by Crippen LogP contribution is 2.30. The minimum atomic E-state index is 0.0879. The second kappa shape index (κ2) is 7.28. The van der Waals surface area contributed by atoms with Gasteiger partial charge < -0.3 is 15.3 Å². The van der Waals surface area contributed by atoms with Gasteiger partial charge in [-0.25, -0.2) is 0 Å². The van der Waals surface area contributed by atoms with Gasteiger partial charge in [-0.1, -0.05) is 30.3 Å². The Labute approximate surface area is 150 Å². The number of phenols is 1. The van der Waals surface area contributed by atoms with Crippen molar-refractivity contribution >= 4 is 34.3 Å². The van der Waals surface area contributed by atoms with Crippen LogP contribution in [0, 0.1) is 0 Å². The Balaban J connectivity index is 2.06. The molecule has 0 radical (unpaired) electrons. The highest BCUT2D eigenvalue weighted by atomic mass is 35.5. The second-order valence-corrected chi connectivity index (χ2v) is 5.97. The fourth-order valence-electron chi connectivity index (χ4n) is 2.44. The minimum Gasteiger partial charge on any atom is -0.507 e. The molecule has 0 amide bonds. The van der Waals surface area contributed by atoms with E-state index in [1.54, 1.807) is 30.5 Å². The highest BCUT2D eigenvalue weighted by Gasteiger charge is 2.14. The molecular weight excluding hydrogens is 336 g/mol. The van der Waals surface area contributed by atoms with Crippen LogP contribution in [0.25, 0.3) is 5.57 Å². The molecule has 0 atom stereocenters. The number of anilines is 1. The van der Waals surface area contributed by atoms with E-state index in [-0.39, 0.29) is 5.75 Å². The number of benzene rings is 2. The summed E-state index contributed by atoms with van der Waals surface area (Å²) in [5.74, 6) is 0.750. The summed E-state index contributed by atoms with van der Waals surface area (Å²) < 4.78 is 5.39. The lowest BCUT2D eigenvalue weighted by Crippen LogP contribution is -2.03. The van der Waals surface area contributed by atoms with Gasteiger partial charge in [0.2, 0.25) is 0 Å². The van der Waals surface area contributed by atoms with Crippen LogP contribution in [0.1, 0.15) is 17.7 Å². The summed E-state index contributed by atoms with van der Waals surface area (Å²) in [6, 6.07) is 15.7. The van der Waals surface area contributed by atoms with E-state index in [1.807, 2.05) is 24.3 Å². The summed E-state index contributed by atoms with van der Waals surface area (Å²) in [6.45, 7) is 4.06. The standard InChI is InChI=1S/C20H17ClN2O2/c1-13(20-7-4-10-25-20)11-18(15-12-14(21)8-9-19(15)24)23-17-6-3-2-5-16(17)22/h2-10,12,24H,1,11,22H2. The number of para-hydroxylation sites is 2. The molecule has 0 aliphatic carbocycles. The predicted octanol–water partition coefficient (Wildman–Crippen LogP) is 5.45. The van der Waals surface area contributed by atoms with Crippen molar-refractivity contribution in [2.75, 3.05) is 5.73 Å². The number of rotatable bonds is 5. The molecule has 1 aromatic heterocycles. The smallest absolute Gasteiger partial charge is 0.129 e. The van der Waals surface area contributed by atoms with Crippen LogP contribution >= 0.6 is 11.6 Å². The number of nitrogen functional groups attached to an aromatic ring is 1. The largest absolute Gasteiger partial charge is 0.507 e. The van der Waals surface area contributed by atoms with Crippen molar-refractivity contribution in [2.45, 2.75) is 6.42 Å². The monoisotopic (exact) mass is 352 g/mol. The Bertz CT molecular complexity index is 931. The average Bonchev–Trinajstić information content (AvgIpc) is 3.13. The van der Waals surface area contributed by atoms with E-state index >= 15 is 0 Å². The molecule has 4 nitrogen and oxygen atoms in total. The van der Waals surface area contributed by atoms with Crippen molar-refractivity contribution in [2.24, 2.45) is 4.99 Å². The summed E-state index contributed by atoms with van der Waals surface area (Å²) in [5, 5.41) is 10.8. The van der Waals surface area contributed by atoms with Crippen LogP contribution in [0.4, 0.5) is 11.4 Å². The number of furan rings is 1. The summed E-state index contributed by atoms with van der Waals surface area (Å²) in [5.41, 5.74) is 9.03. The van der Waals surface area contributed by atoms with Crippen molar-refractivity contribution in [3.63, 3.8) is 0 Å². The molecule has 1 heterocycles. The molecule has 5 heteroatoms. The quantitative estimate of drug-likeness (QED) is 0.474. The third kappa shape index (κ3) is 3.92. The average molecular weight is 353 g/mol. The molecule has 0 spiro atoms. The first-order valence-electron chi connectivity index (χ1n) is 7.67. The van der Waals surface area contributed by atoms with Gasteiger partial charge in [-0.15, -0.1) is 0 Å². The van der Waals surface area contributed by atoms with E-state index in [0.29, 0.717) is 39.9 Å². The molecule has 0 saturated heterocycles. The van der Waals surface area contributed by atoms with Crippen LogP contribution in [0.15, 0.2) is 76.8 Å². The first-order valence-corrected chi connectivity index (χ1v) is 8.05. The van der Waals surface area contributed by atoms with E-state index in [2.05, 4.69) is 11.6 Å². The van der Waals surface area contributed by atoms with E-state index < -0.39 is 0 Å². The highest BCUT2D eigenvalue weighted by molar-refractivity contribution is 6.31. The molecule has 0 fully saturated rings. The number of hydrogen-bond donors (Lipinski definition) is 2. The Hall–Kier alpha value is -2.98. The van der Waals surface area contributed by atoms with Gasteiger partial charge in [0.05, 0.1) is 23.3 Å². The molecule has 0 saturated carbocycles. The molecule has 0 unspecified atom stereocenters. The van der Waals surface area contributed by atoms with Gasteiger partial charge in [0.15, 0.2) is 0 Å². The topological polar surface area (TPSA) is 71.8 Å². The molecule has 0 aliphatic rings. The van der Waals surface area contributed by atoms with Crippen molar-refractivity contribution in [1.82, 2.24) is 0 Å². The fraction of sp³-hybridized carbons (Fsp3) is 0.0500. The third-order valence-corrected chi connectivity index (χ3v) is 3.95. The first kappa shape index (κ1) is 16.9. The minimum absolute atomic E-state index is 0.0879. The van der Waals surface area contributed by atoms with Gasteiger partial charge in [0.25, 0.3) is 0 Å². The maximum atomic E-state index is 10.3. The van der Waals surface area contributed by atoms with Gasteiger partial charge >= 0.3 is 0 Å². The van der Waals surface area contributed by atoms with Crippen LogP contribution in [-0.4, -0.2) is 10.8 Å². The van der Waals surface area contributed by atoms with Crippen LogP contribution in [-0.2, 0) is 0 Å². The number of phenolic OH excluding ortho intramolecular Hbond substituents is 1. The van der Waals surface area contributed by atoms with Gasteiger partial charge in [0.1, 0.15) is 11.5 Å². The first-order chi connectivity index (χ1) is 12.0. The number of nitrogens with two attached hydrogens (primary N) is 1. The number of nitrogens with zero attached hydrogens (tertiary/aromatic N) is 1. The molecule has 3 aromatic rings. The van der Waals surface area contributed by atoms with E-state index in [0.717, 1.165) is 5.57 Å². The summed E-state index contributed by atoms with van der Waals surface area (Å²) in [4.78, 5) is 4.65. The molecular formula is C20H17ClN2O2. The zero-order valence-electron chi connectivity index (χ0n) is 13.4. The van der Waals surface area contributed by atoms with Crippen molar-refractivity contribution in [3.05, 3.63) is 83.8 Å². The third-order valence-electron chi connectivity index (χ3n) is 3.71. The molecule has 0 aliphatic heterocycles. The molecule has 3 N–H and O–H groups in total. The molecule has 25 heavy (non-hydrogen) atoms. The van der Waals surface area contributed by atoms with Crippen LogP contribution < -0.4 is 5.73 Å². The van der Waals surface area contributed by atoms with Crippen LogP contribution in [0.5, 0.6) is 5.75 Å². The SMILES string of the molecule is C=C(CC(=Nc1ccccc1N)c1cc(Cl)ccc1O)c1ccco1. The van der Waals surface area contributed by atoms with Gasteiger partial charge in [-0.3, -0.25) is 4.99 Å². The molecule has 3 rings (SSSR count). The Morgan fingerprint density at radius 1 is 1.16 bits per heavy atom. The predicted molar refractivity (Wildman–Crippen MR) is 103 cm³/mol. The Morgan fingerprint density at radius 2 is 1.96 bits per heavy atom. The van der Waals surface area contributed by atoms with Gasteiger partial charge in [-0.05, 0) is 48.0 Å². The lowest BCUT2D eigenvalue weighted by atomic mass is 10.0. The van der Waals surface area contributed by atoms with Gasteiger partial charge in [-0.2, -0.15) is 0 Å². The number of halogens is 1. The van der Waals surface area contributed by atoms with E-state index in [4.69, 9.17) is 21.8 Å². The van der Waals surface area contributed by atoms with Crippen LogP contribution in [0.3, 0.4) is 0 Å². The maximum Gasteiger partial charge on any atom is 0.129 e. The van der Waals surface area contributed by atoms with E-state index in [9.17, 15) is 5.11 Å². The zero-order chi connectivity index (χ0) is 17.8. The van der Waals surface area contributed by atoms with E-state index in [1.165, 1.54) is 6.07 Å². The number of allylic oxidation sites excluding steroid dienone is 1. The molecule has 126 valence electrons. The lowest BCUT2D eigenvalue weighted by molar-refractivity contribution is 0.474. The zero-order valence-corrected chi connectivity index (χ0v) is 14.2. The van der Waals surface area contributed by atoms with Crippen molar-refractivity contribution in [1.29, 1.82) is 0 Å². The summed E-state index contributed by atoms with van der Waals surface area (Å²) in [7, 11) is 0.